The van der Waals surface area contributed by atoms with Gasteiger partial charge in [0.1, 0.15) is 6.29 Å². The predicted octanol–water partition coefficient (Wildman–Crippen LogP) is 1.75. The molecule has 88 valence electrons. The van der Waals surface area contributed by atoms with Crippen LogP contribution >= 0.6 is 0 Å². The molecule has 3 nitrogen and oxygen atoms in total. The van der Waals surface area contributed by atoms with Crippen molar-refractivity contribution in [3.05, 3.63) is 29.8 Å². The maximum absolute atomic E-state index is 10.8. The van der Waals surface area contributed by atoms with Crippen molar-refractivity contribution in [2.75, 3.05) is 5.73 Å². The molecule has 0 radical (unpaired) electrons. The predicted molar refractivity (Wildman–Crippen MR) is 67.0 cm³/mol. The summed E-state index contributed by atoms with van der Waals surface area (Å²) >= 11 is 0. The summed E-state index contributed by atoms with van der Waals surface area (Å²) in [7, 11) is 0. The number of carbonyl (C=O) groups excluding carboxylic acids is 1. The zero-order valence-corrected chi connectivity index (χ0v) is 9.94. The number of anilines is 1. The van der Waals surface area contributed by atoms with E-state index in [0.717, 1.165) is 24.0 Å². The van der Waals surface area contributed by atoms with Crippen LogP contribution in [-0.2, 0) is 11.2 Å². The third-order valence-electron chi connectivity index (χ3n) is 2.58. The maximum Gasteiger partial charge on any atom is 0.125 e. The van der Waals surface area contributed by atoms with E-state index in [-0.39, 0.29) is 11.5 Å². The smallest absolute Gasteiger partial charge is 0.125 e. The molecule has 0 aliphatic carbocycles. The summed E-state index contributed by atoms with van der Waals surface area (Å²) in [6.45, 7) is 3.81. The van der Waals surface area contributed by atoms with Gasteiger partial charge in [0.15, 0.2) is 0 Å². The summed E-state index contributed by atoms with van der Waals surface area (Å²) in [5.74, 6) is 0. The van der Waals surface area contributed by atoms with Crippen molar-refractivity contribution in [2.24, 2.45) is 11.1 Å². The van der Waals surface area contributed by atoms with Gasteiger partial charge >= 0.3 is 0 Å². The molecule has 1 rings (SSSR count). The van der Waals surface area contributed by atoms with Crippen molar-refractivity contribution in [3.63, 3.8) is 0 Å². The second kappa shape index (κ2) is 5.12. The van der Waals surface area contributed by atoms with Crippen molar-refractivity contribution in [3.8, 4) is 0 Å². The number of hydrogen-bond donors (Lipinski definition) is 2. The molecule has 0 saturated heterocycles. The molecule has 4 N–H and O–H groups in total. The summed E-state index contributed by atoms with van der Waals surface area (Å²) in [4.78, 5) is 10.8. The van der Waals surface area contributed by atoms with Gasteiger partial charge in [-0.3, -0.25) is 0 Å². The zero-order valence-electron chi connectivity index (χ0n) is 9.94. The average Bonchev–Trinajstić information content (AvgIpc) is 2.21. The molecule has 3 heteroatoms. The highest BCUT2D eigenvalue weighted by atomic mass is 16.1. The zero-order chi connectivity index (χ0) is 12.2. The molecule has 0 heterocycles. The van der Waals surface area contributed by atoms with E-state index < -0.39 is 0 Å². The number of benzene rings is 1. The summed E-state index contributed by atoms with van der Waals surface area (Å²) in [6, 6.07) is 7.69. The molecule has 0 bridgehead atoms. The van der Waals surface area contributed by atoms with Gasteiger partial charge in [-0.2, -0.15) is 0 Å². The van der Waals surface area contributed by atoms with Gasteiger partial charge in [-0.1, -0.05) is 26.0 Å². The Morgan fingerprint density at radius 1 is 1.31 bits per heavy atom. The van der Waals surface area contributed by atoms with Gasteiger partial charge in [0.25, 0.3) is 0 Å². The molecule has 0 aromatic heterocycles. The monoisotopic (exact) mass is 220 g/mol. The molecule has 1 atom stereocenters. The van der Waals surface area contributed by atoms with Crippen LogP contribution in [0, 0.1) is 5.41 Å². The van der Waals surface area contributed by atoms with Crippen molar-refractivity contribution in [1.29, 1.82) is 0 Å². The summed E-state index contributed by atoms with van der Waals surface area (Å²) < 4.78 is 0. The van der Waals surface area contributed by atoms with E-state index in [1.807, 2.05) is 38.1 Å². The molecule has 16 heavy (non-hydrogen) atoms. The lowest BCUT2D eigenvalue weighted by Crippen LogP contribution is -2.30. The first-order valence-electron chi connectivity index (χ1n) is 5.49. The Kier molecular flexibility index (Phi) is 4.07. The molecule has 1 aromatic carbocycles. The molecular weight excluding hydrogens is 200 g/mol. The van der Waals surface area contributed by atoms with Gasteiger partial charge in [-0.15, -0.1) is 0 Å². The number of rotatable bonds is 5. The SMILES string of the molecule is CC(C)(C=O)C[C@@H](N)Cc1ccc(N)cc1. The van der Waals surface area contributed by atoms with Crippen LogP contribution in [-0.4, -0.2) is 12.3 Å². The van der Waals surface area contributed by atoms with Crippen molar-refractivity contribution in [1.82, 2.24) is 0 Å². The fourth-order valence-corrected chi connectivity index (χ4v) is 1.75. The number of nitrogen functional groups attached to an aromatic ring is 1. The molecule has 0 spiro atoms. The van der Waals surface area contributed by atoms with Gasteiger partial charge in [0.05, 0.1) is 0 Å². The fourth-order valence-electron chi connectivity index (χ4n) is 1.75. The van der Waals surface area contributed by atoms with Crippen molar-refractivity contribution >= 4 is 12.0 Å². The summed E-state index contributed by atoms with van der Waals surface area (Å²) in [5, 5.41) is 0. The Morgan fingerprint density at radius 2 is 1.88 bits per heavy atom. The van der Waals surface area contributed by atoms with E-state index in [0.29, 0.717) is 6.42 Å². The van der Waals surface area contributed by atoms with E-state index in [4.69, 9.17) is 11.5 Å². The summed E-state index contributed by atoms with van der Waals surface area (Å²) in [5.41, 5.74) is 13.2. The van der Waals surface area contributed by atoms with Gasteiger partial charge in [-0.05, 0) is 30.5 Å². The van der Waals surface area contributed by atoms with E-state index in [2.05, 4.69) is 0 Å². The topological polar surface area (TPSA) is 69.1 Å². The van der Waals surface area contributed by atoms with Crippen LogP contribution < -0.4 is 11.5 Å². The molecule has 0 unspecified atom stereocenters. The third kappa shape index (κ3) is 4.03. The molecule has 0 fully saturated rings. The van der Waals surface area contributed by atoms with Crippen LogP contribution in [0.3, 0.4) is 0 Å². The van der Waals surface area contributed by atoms with E-state index in [9.17, 15) is 4.79 Å². The molecule has 0 amide bonds. The van der Waals surface area contributed by atoms with E-state index >= 15 is 0 Å². The Balaban J connectivity index is 2.54. The van der Waals surface area contributed by atoms with Gasteiger partial charge in [-0.25, -0.2) is 0 Å². The number of hydrogen-bond acceptors (Lipinski definition) is 3. The quantitative estimate of drug-likeness (QED) is 0.586. The lowest BCUT2D eigenvalue weighted by atomic mass is 9.86. The largest absolute Gasteiger partial charge is 0.399 e. The first-order valence-corrected chi connectivity index (χ1v) is 5.49. The first kappa shape index (κ1) is 12.7. The van der Waals surface area contributed by atoms with Crippen LogP contribution in [0.15, 0.2) is 24.3 Å². The fraction of sp³-hybridized carbons (Fsp3) is 0.462. The molecule has 0 aliphatic heterocycles. The lowest BCUT2D eigenvalue weighted by Gasteiger charge is -2.21. The maximum atomic E-state index is 10.8. The normalized spacial score (nSPS) is 13.4. The van der Waals surface area contributed by atoms with Crippen LogP contribution in [0.5, 0.6) is 0 Å². The van der Waals surface area contributed by atoms with E-state index in [1.54, 1.807) is 0 Å². The van der Waals surface area contributed by atoms with Crippen LogP contribution in [0.25, 0.3) is 0 Å². The standard InChI is InChI=1S/C13H20N2O/c1-13(2,9-16)8-12(15)7-10-3-5-11(14)6-4-10/h3-6,9,12H,7-8,14-15H2,1-2H3/t12-/m0/s1. The van der Waals surface area contributed by atoms with Gasteiger partial charge in [0.2, 0.25) is 0 Å². The average molecular weight is 220 g/mol. The van der Waals surface area contributed by atoms with Crippen LogP contribution in [0.2, 0.25) is 0 Å². The third-order valence-corrected chi connectivity index (χ3v) is 2.58. The molecule has 0 saturated carbocycles. The van der Waals surface area contributed by atoms with Crippen molar-refractivity contribution < 1.29 is 4.79 Å². The van der Waals surface area contributed by atoms with Crippen LogP contribution in [0.1, 0.15) is 25.8 Å². The summed E-state index contributed by atoms with van der Waals surface area (Å²) in [6.07, 6.45) is 2.44. The van der Waals surface area contributed by atoms with E-state index in [1.165, 1.54) is 0 Å². The Bertz CT molecular complexity index is 343. The van der Waals surface area contributed by atoms with Gasteiger partial charge < -0.3 is 16.3 Å². The second-order valence-electron chi connectivity index (χ2n) is 5.02. The number of aldehydes is 1. The minimum atomic E-state index is -0.340. The molecule has 1 aromatic rings. The first-order chi connectivity index (χ1) is 7.43. The minimum absolute atomic E-state index is 0.00354. The number of carbonyl (C=O) groups is 1. The Hall–Kier alpha value is -1.35. The second-order valence-corrected chi connectivity index (χ2v) is 5.02. The molecular formula is C13H20N2O. The van der Waals surface area contributed by atoms with Crippen molar-refractivity contribution in [2.45, 2.75) is 32.7 Å². The molecule has 0 aliphatic rings. The Labute approximate surface area is 96.8 Å². The minimum Gasteiger partial charge on any atom is -0.399 e. The van der Waals surface area contributed by atoms with Crippen LogP contribution in [0.4, 0.5) is 5.69 Å². The Morgan fingerprint density at radius 3 is 2.38 bits per heavy atom. The highest BCUT2D eigenvalue weighted by Crippen LogP contribution is 2.20. The highest BCUT2D eigenvalue weighted by molar-refractivity contribution is 5.57. The lowest BCUT2D eigenvalue weighted by molar-refractivity contribution is -0.115. The van der Waals surface area contributed by atoms with Gasteiger partial charge in [0, 0.05) is 17.1 Å². The highest BCUT2D eigenvalue weighted by Gasteiger charge is 2.20. The number of nitrogens with two attached hydrogens (primary N) is 2.